The molecule has 0 bridgehead atoms. The number of allylic oxidation sites excluding steroid dienone is 3. The largest absolute Gasteiger partial charge is 0.481 e. The van der Waals surface area contributed by atoms with Gasteiger partial charge >= 0.3 is 11.9 Å². The van der Waals surface area contributed by atoms with Crippen LogP contribution in [-0.2, 0) is 4.79 Å². The Kier molecular flexibility index (Phi) is 7.59. The first-order valence-electron chi connectivity index (χ1n) is 17.3. The molecule has 0 amide bonds. The molecule has 0 aromatic heterocycles. The molecule has 5 aliphatic carbocycles. The molecule has 6 rings (SSSR count). The van der Waals surface area contributed by atoms with Gasteiger partial charge in [-0.2, -0.15) is 0 Å². The van der Waals surface area contributed by atoms with Gasteiger partial charge in [-0.3, -0.25) is 4.79 Å². The second-order valence-corrected chi connectivity index (χ2v) is 16.8. The summed E-state index contributed by atoms with van der Waals surface area (Å²) in [7, 11) is 0. The van der Waals surface area contributed by atoms with Crippen molar-refractivity contribution in [1.29, 1.82) is 0 Å². The second-order valence-electron chi connectivity index (χ2n) is 16.8. The molecule has 1 aromatic carbocycles. The van der Waals surface area contributed by atoms with Crippen molar-refractivity contribution in [2.75, 3.05) is 6.54 Å². The molecule has 44 heavy (non-hydrogen) atoms. The molecule has 0 aliphatic heterocycles. The van der Waals surface area contributed by atoms with E-state index in [0.29, 0.717) is 41.7 Å². The minimum atomic E-state index is -0.875. The fraction of sp³-hybridized carbons (Fsp3) is 0.692. The number of nitrogens with one attached hydrogen (secondary N) is 1. The number of rotatable bonds is 7. The molecular formula is C39H55NO4. The Morgan fingerprint density at radius 2 is 1.59 bits per heavy atom. The van der Waals surface area contributed by atoms with Crippen molar-refractivity contribution in [3.63, 3.8) is 0 Å². The third-order valence-electron chi connectivity index (χ3n) is 14.9. The van der Waals surface area contributed by atoms with Crippen LogP contribution in [0.3, 0.4) is 0 Å². The highest BCUT2D eigenvalue weighted by atomic mass is 16.4. The highest BCUT2D eigenvalue weighted by Crippen LogP contribution is 2.76. The van der Waals surface area contributed by atoms with Gasteiger partial charge in [-0.15, -0.1) is 0 Å². The van der Waals surface area contributed by atoms with Crippen molar-refractivity contribution in [3.05, 3.63) is 53.6 Å². The van der Waals surface area contributed by atoms with Crippen LogP contribution in [0.4, 0.5) is 0 Å². The first-order chi connectivity index (χ1) is 20.6. The zero-order valence-corrected chi connectivity index (χ0v) is 28.0. The molecule has 3 N–H and O–H groups in total. The molecule has 5 nitrogen and oxygen atoms in total. The van der Waals surface area contributed by atoms with Crippen LogP contribution in [0.5, 0.6) is 0 Å². The number of hydrogen-bond donors (Lipinski definition) is 3. The third kappa shape index (κ3) is 4.42. The van der Waals surface area contributed by atoms with Gasteiger partial charge in [0.25, 0.3) is 0 Å². The SMILES string of the molecule is C=C(C)C1CCC2(NCCC(=O)O)CCC3(C)C(CCC4C5(C)CC=C(c6ccc(C(=O)O)cc6)C(C)(C)C5CCC43C)C12. The van der Waals surface area contributed by atoms with Crippen molar-refractivity contribution in [1.82, 2.24) is 5.32 Å². The molecule has 5 heteroatoms. The summed E-state index contributed by atoms with van der Waals surface area (Å²) in [5.74, 6) is 1.29. The van der Waals surface area contributed by atoms with Gasteiger partial charge in [-0.05, 0) is 139 Å². The van der Waals surface area contributed by atoms with E-state index >= 15 is 0 Å². The van der Waals surface area contributed by atoms with E-state index in [1.807, 2.05) is 12.1 Å². The summed E-state index contributed by atoms with van der Waals surface area (Å²) < 4.78 is 0. The van der Waals surface area contributed by atoms with Gasteiger partial charge in [-0.25, -0.2) is 4.79 Å². The Morgan fingerprint density at radius 3 is 2.23 bits per heavy atom. The summed E-state index contributed by atoms with van der Waals surface area (Å²) in [6, 6.07) is 7.53. The average Bonchev–Trinajstić information content (AvgIpc) is 3.33. The summed E-state index contributed by atoms with van der Waals surface area (Å²) in [5.41, 5.74) is 4.95. The fourth-order valence-electron chi connectivity index (χ4n) is 12.8. The molecule has 9 atom stereocenters. The van der Waals surface area contributed by atoms with Crippen LogP contribution in [0.1, 0.15) is 122 Å². The highest BCUT2D eigenvalue weighted by molar-refractivity contribution is 5.88. The van der Waals surface area contributed by atoms with E-state index in [0.717, 1.165) is 24.8 Å². The van der Waals surface area contributed by atoms with Gasteiger partial charge in [0.2, 0.25) is 0 Å². The van der Waals surface area contributed by atoms with Gasteiger partial charge in [0.05, 0.1) is 12.0 Å². The maximum atomic E-state index is 11.5. The van der Waals surface area contributed by atoms with Crippen LogP contribution in [0, 0.1) is 51.2 Å². The molecule has 0 saturated heterocycles. The summed E-state index contributed by atoms with van der Waals surface area (Å²) in [5, 5.41) is 22.7. The Bertz CT molecular complexity index is 1380. The third-order valence-corrected chi connectivity index (χ3v) is 14.9. The van der Waals surface area contributed by atoms with Crippen molar-refractivity contribution in [3.8, 4) is 0 Å². The molecule has 0 radical (unpaired) electrons. The molecule has 1 aromatic rings. The number of benzene rings is 1. The maximum absolute atomic E-state index is 11.5. The first kappa shape index (κ1) is 31.6. The van der Waals surface area contributed by atoms with E-state index in [-0.39, 0.29) is 33.6 Å². The quantitative estimate of drug-likeness (QED) is 0.272. The topological polar surface area (TPSA) is 86.6 Å². The number of aromatic carboxylic acids is 1. The van der Waals surface area contributed by atoms with Gasteiger partial charge in [0.15, 0.2) is 0 Å². The van der Waals surface area contributed by atoms with E-state index in [4.69, 9.17) is 0 Å². The molecule has 4 saturated carbocycles. The Balaban J connectivity index is 1.33. The van der Waals surface area contributed by atoms with Crippen LogP contribution in [0.25, 0.3) is 5.57 Å². The van der Waals surface area contributed by atoms with E-state index in [2.05, 4.69) is 59.5 Å². The zero-order valence-electron chi connectivity index (χ0n) is 28.0. The highest BCUT2D eigenvalue weighted by Gasteiger charge is 2.70. The molecule has 9 unspecified atom stereocenters. The predicted molar refractivity (Wildman–Crippen MR) is 176 cm³/mol. The predicted octanol–water partition coefficient (Wildman–Crippen LogP) is 8.85. The fourth-order valence-corrected chi connectivity index (χ4v) is 12.8. The van der Waals surface area contributed by atoms with Crippen LogP contribution >= 0.6 is 0 Å². The standard InChI is InChI=1S/C39H55NO4/c1-24(2)27-14-20-39(40-23-17-32(41)42)22-21-37(6)29(33(27)39)12-13-31-36(5)18-15-28(25-8-10-26(11-9-25)34(43)44)35(3,4)30(36)16-19-38(31,37)7/h8-11,15,27,29-31,33,40H,1,12-14,16-23H2,2-7H3,(H,41,42)(H,43,44). The lowest BCUT2D eigenvalue weighted by Gasteiger charge is -2.72. The van der Waals surface area contributed by atoms with Crippen molar-refractivity contribution >= 4 is 17.5 Å². The lowest BCUT2D eigenvalue weighted by Crippen LogP contribution is -2.68. The molecule has 0 spiro atoms. The molecule has 240 valence electrons. The molecular weight excluding hydrogens is 546 g/mol. The maximum Gasteiger partial charge on any atom is 0.335 e. The Morgan fingerprint density at radius 1 is 0.886 bits per heavy atom. The van der Waals surface area contributed by atoms with Gasteiger partial charge in [0, 0.05) is 12.1 Å². The van der Waals surface area contributed by atoms with E-state index in [1.165, 1.54) is 49.7 Å². The Hall–Kier alpha value is -2.40. The average molecular weight is 602 g/mol. The number of carboxylic acids is 2. The Labute approximate surface area is 265 Å². The first-order valence-corrected chi connectivity index (χ1v) is 17.3. The van der Waals surface area contributed by atoms with Crippen LogP contribution < -0.4 is 5.32 Å². The number of aliphatic carboxylic acids is 1. The second kappa shape index (κ2) is 10.6. The summed E-state index contributed by atoms with van der Waals surface area (Å²) in [4.78, 5) is 22.9. The van der Waals surface area contributed by atoms with Crippen LogP contribution in [0.15, 0.2) is 42.5 Å². The van der Waals surface area contributed by atoms with Crippen molar-refractivity contribution in [2.45, 2.75) is 111 Å². The van der Waals surface area contributed by atoms with Gasteiger partial charge in [0.1, 0.15) is 0 Å². The number of carboxylic acid groups (broad SMARTS) is 2. The zero-order chi connectivity index (χ0) is 31.9. The smallest absolute Gasteiger partial charge is 0.335 e. The summed E-state index contributed by atoms with van der Waals surface area (Å²) in [6.07, 6.45) is 13.4. The number of fused-ring (bicyclic) bond motifs is 7. The van der Waals surface area contributed by atoms with Crippen LogP contribution in [0.2, 0.25) is 0 Å². The van der Waals surface area contributed by atoms with Crippen molar-refractivity contribution in [2.24, 2.45) is 51.2 Å². The van der Waals surface area contributed by atoms with E-state index in [9.17, 15) is 19.8 Å². The van der Waals surface area contributed by atoms with Crippen LogP contribution in [-0.4, -0.2) is 34.2 Å². The lowest BCUT2D eigenvalue weighted by atomic mass is 9.33. The van der Waals surface area contributed by atoms with Gasteiger partial charge in [-0.1, -0.05) is 65.0 Å². The summed E-state index contributed by atoms with van der Waals surface area (Å²) in [6.45, 7) is 20.1. The molecule has 4 fully saturated rings. The number of carbonyl (C=O) groups is 2. The van der Waals surface area contributed by atoms with Gasteiger partial charge < -0.3 is 15.5 Å². The lowest BCUT2D eigenvalue weighted by molar-refractivity contribution is -0.219. The normalized spacial score (nSPS) is 42.2. The summed E-state index contributed by atoms with van der Waals surface area (Å²) >= 11 is 0. The minimum Gasteiger partial charge on any atom is -0.481 e. The van der Waals surface area contributed by atoms with E-state index < -0.39 is 11.9 Å². The monoisotopic (exact) mass is 601 g/mol. The minimum absolute atomic E-state index is 0.00308. The molecule has 0 heterocycles. The van der Waals surface area contributed by atoms with E-state index in [1.54, 1.807) is 12.1 Å². The number of hydrogen-bond acceptors (Lipinski definition) is 3. The molecule has 5 aliphatic rings. The van der Waals surface area contributed by atoms with Crippen molar-refractivity contribution < 1.29 is 19.8 Å².